The highest BCUT2D eigenvalue weighted by Crippen LogP contribution is 2.15. The van der Waals surface area contributed by atoms with E-state index in [2.05, 4.69) is 10.4 Å². The summed E-state index contributed by atoms with van der Waals surface area (Å²) in [4.78, 5) is 12.3. The lowest BCUT2D eigenvalue weighted by Crippen LogP contribution is -2.28. The molecule has 1 aliphatic rings. The van der Waals surface area contributed by atoms with E-state index in [1.807, 2.05) is 36.5 Å². The van der Waals surface area contributed by atoms with Gasteiger partial charge >= 0.3 is 0 Å². The van der Waals surface area contributed by atoms with Crippen molar-refractivity contribution < 1.29 is 9.53 Å². The van der Waals surface area contributed by atoms with Crippen molar-refractivity contribution >= 4 is 5.91 Å². The second kappa shape index (κ2) is 6.54. The van der Waals surface area contributed by atoms with Gasteiger partial charge in [0, 0.05) is 25.5 Å². The summed E-state index contributed by atoms with van der Waals surface area (Å²) in [6.45, 7) is 1.48. The van der Waals surface area contributed by atoms with Crippen LogP contribution in [0, 0.1) is 0 Å². The minimum Gasteiger partial charge on any atom is -0.378 e. The van der Waals surface area contributed by atoms with Crippen molar-refractivity contribution in [3.63, 3.8) is 0 Å². The molecular formula is C16H19N3O2. The van der Waals surface area contributed by atoms with Crippen LogP contribution in [0.4, 0.5) is 0 Å². The molecule has 1 saturated heterocycles. The predicted molar refractivity (Wildman–Crippen MR) is 79.5 cm³/mol. The zero-order valence-corrected chi connectivity index (χ0v) is 11.9. The Morgan fingerprint density at radius 3 is 3.05 bits per heavy atom. The molecule has 0 aliphatic carbocycles. The molecule has 1 aliphatic heterocycles. The highest BCUT2D eigenvalue weighted by Gasteiger charge is 2.16. The maximum Gasteiger partial charge on any atom is 0.253 e. The molecule has 1 aromatic heterocycles. The Kier molecular flexibility index (Phi) is 4.31. The summed E-state index contributed by atoms with van der Waals surface area (Å²) >= 11 is 0. The van der Waals surface area contributed by atoms with E-state index in [9.17, 15) is 4.79 Å². The molecule has 0 saturated carbocycles. The van der Waals surface area contributed by atoms with Gasteiger partial charge in [0.1, 0.15) is 0 Å². The smallest absolute Gasteiger partial charge is 0.253 e. The van der Waals surface area contributed by atoms with Crippen molar-refractivity contribution in [2.24, 2.45) is 0 Å². The van der Waals surface area contributed by atoms with E-state index < -0.39 is 0 Å². The van der Waals surface area contributed by atoms with Gasteiger partial charge in [0.25, 0.3) is 5.91 Å². The molecule has 21 heavy (non-hydrogen) atoms. The third kappa shape index (κ3) is 3.31. The largest absolute Gasteiger partial charge is 0.378 e. The molecular weight excluding hydrogens is 266 g/mol. The summed E-state index contributed by atoms with van der Waals surface area (Å²) in [5.74, 6) is -0.0703. The maximum absolute atomic E-state index is 12.3. The minimum atomic E-state index is -0.0703. The molecule has 0 radical (unpaired) electrons. The highest BCUT2D eigenvalue weighted by molar-refractivity contribution is 5.97. The quantitative estimate of drug-likeness (QED) is 0.916. The molecule has 5 heteroatoms. The van der Waals surface area contributed by atoms with Gasteiger partial charge in [0.2, 0.25) is 0 Å². The Bertz CT molecular complexity index is 589. The predicted octanol–water partition coefficient (Wildman–Crippen LogP) is 2.17. The fraction of sp³-hybridized carbons (Fsp3) is 0.375. The molecule has 1 amide bonds. The summed E-state index contributed by atoms with van der Waals surface area (Å²) in [5.41, 5.74) is 1.42. The number of rotatable bonds is 5. The molecule has 1 aromatic carbocycles. The monoisotopic (exact) mass is 285 g/mol. The Balaban J connectivity index is 1.64. The number of carbonyl (C=O) groups excluding carboxylic acids is 1. The number of nitrogens with one attached hydrogen (secondary N) is 1. The topological polar surface area (TPSA) is 56.1 Å². The van der Waals surface area contributed by atoms with E-state index in [4.69, 9.17) is 4.74 Å². The normalized spacial score (nSPS) is 17.8. The second-order valence-electron chi connectivity index (χ2n) is 5.15. The Labute approximate surface area is 123 Å². The average molecular weight is 285 g/mol. The van der Waals surface area contributed by atoms with Gasteiger partial charge in [-0.3, -0.25) is 4.79 Å². The third-order valence-corrected chi connectivity index (χ3v) is 3.68. The zero-order chi connectivity index (χ0) is 14.5. The summed E-state index contributed by atoms with van der Waals surface area (Å²) in [6, 6.07) is 9.31. The number of ether oxygens (including phenoxy) is 1. The molecule has 5 nitrogen and oxygen atoms in total. The van der Waals surface area contributed by atoms with Crippen LogP contribution in [-0.4, -0.2) is 34.9 Å². The van der Waals surface area contributed by atoms with Gasteiger partial charge in [-0.15, -0.1) is 0 Å². The SMILES string of the molecule is O=C(NCC[C@H]1CCCO1)c1ccccc1-n1cccn1. The molecule has 0 unspecified atom stereocenters. The van der Waals surface area contributed by atoms with Crippen molar-refractivity contribution in [3.05, 3.63) is 48.3 Å². The molecule has 2 aromatic rings. The Hall–Kier alpha value is -2.14. The van der Waals surface area contributed by atoms with Gasteiger partial charge in [0.15, 0.2) is 0 Å². The number of aromatic nitrogens is 2. The van der Waals surface area contributed by atoms with Crippen LogP contribution in [0.3, 0.4) is 0 Å². The van der Waals surface area contributed by atoms with Gasteiger partial charge in [-0.05, 0) is 37.5 Å². The molecule has 1 fully saturated rings. The molecule has 0 bridgehead atoms. The van der Waals surface area contributed by atoms with Gasteiger partial charge in [-0.1, -0.05) is 12.1 Å². The molecule has 0 spiro atoms. The first-order chi connectivity index (χ1) is 10.3. The second-order valence-corrected chi connectivity index (χ2v) is 5.15. The van der Waals surface area contributed by atoms with Gasteiger partial charge in [-0.25, -0.2) is 4.68 Å². The highest BCUT2D eigenvalue weighted by atomic mass is 16.5. The summed E-state index contributed by atoms with van der Waals surface area (Å²) in [6.07, 6.45) is 6.92. The van der Waals surface area contributed by atoms with Crippen LogP contribution in [0.25, 0.3) is 5.69 Å². The number of nitrogens with zero attached hydrogens (tertiary/aromatic N) is 2. The van der Waals surface area contributed by atoms with Gasteiger partial charge in [-0.2, -0.15) is 5.10 Å². The van der Waals surface area contributed by atoms with Crippen LogP contribution in [-0.2, 0) is 4.74 Å². The van der Waals surface area contributed by atoms with Crippen molar-refractivity contribution in [1.82, 2.24) is 15.1 Å². The standard InChI is InChI=1S/C16H19N3O2/c20-16(17-10-8-13-5-3-12-21-13)14-6-1-2-7-15(14)19-11-4-9-18-19/h1-2,4,6-7,9,11,13H,3,5,8,10,12H2,(H,17,20)/t13-/m1/s1. The summed E-state index contributed by atoms with van der Waals surface area (Å²) < 4.78 is 7.26. The van der Waals surface area contributed by atoms with E-state index in [1.54, 1.807) is 10.9 Å². The molecule has 1 N–H and O–H groups in total. The van der Waals surface area contributed by atoms with E-state index in [0.29, 0.717) is 18.2 Å². The lowest BCUT2D eigenvalue weighted by atomic mass is 10.1. The van der Waals surface area contributed by atoms with Crippen LogP contribution >= 0.6 is 0 Å². The van der Waals surface area contributed by atoms with Gasteiger partial charge < -0.3 is 10.1 Å². The first-order valence-electron chi connectivity index (χ1n) is 7.33. The van der Waals surface area contributed by atoms with Crippen LogP contribution in [0.15, 0.2) is 42.7 Å². The zero-order valence-electron chi connectivity index (χ0n) is 11.9. The van der Waals surface area contributed by atoms with Crippen LogP contribution in [0.5, 0.6) is 0 Å². The average Bonchev–Trinajstić information content (AvgIpc) is 3.20. The van der Waals surface area contributed by atoms with Crippen molar-refractivity contribution in [3.8, 4) is 5.69 Å². The molecule has 2 heterocycles. The maximum atomic E-state index is 12.3. The molecule has 1 atom stereocenters. The lowest BCUT2D eigenvalue weighted by Gasteiger charge is -2.12. The fourth-order valence-corrected chi connectivity index (χ4v) is 2.59. The lowest BCUT2D eigenvalue weighted by molar-refractivity contribution is 0.0907. The van der Waals surface area contributed by atoms with E-state index in [0.717, 1.165) is 31.6 Å². The fourth-order valence-electron chi connectivity index (χ4n) is 2.59. The summed E-state index contributed by atoms with van der Waals surface area (Å²) in [7, 11) is 0. The van der Waals surface area contributed by atoms with Crippen LogP contribution in [0.1, 0.15) is 29.6 Å². The van der Waals surface area contributed by atoms with Crippen molar-refractivity contribution in [2.45, 2.75) is 25.4 Å². The van der Waals surface area contributed by atoms with Crippen molar-refractivity contribution in [2.75, 3.05) is 13.2 Å². The molecule has 3 rings (SSSR count). The van der Waals surface area contributed by atoms with Crippen LogP contribution < -0.4 is 5.32 Å². The Morgan fingerprint density at radius 1 is 1.38 bits per heavy atom. The van der Waals surface area contributed by atoms with E-state index in [1.165, 1.54) is 0 Å². The van der Waals surface area contributed by atoms with E-state index in [-0.39, 0.29) is 5.91 Å². The first-order valence-corrected chi connectivity index (χ1v) is 7.33. The summed E-state index contributed by atoms with van der Waals surface area (Å²) in [5, 5.41) is 7.16. The first kappa shape index (κ1) is 13.8. The number of hydrogen-bond acceptors (Lipinski definition) is 3. The van der Waals surface area contributed by atoms with Crippen LogP contribution in [0.2, 0.25) is 0 Å². The van der Waals surface area contributed by atoms with E-state index >= 15 is 0 Å². The number of para-hydroxylation sites is 1. The number of benzene rings is 1. The third-order valence-electron chi connectivity index (χ3n) is 3.68. The Morgan fingerprint density at radius 2 is 2.29 bits per heavy atom. The molecule has 110 valence electrons. The number of amides is 1. The van der Waals surface area contributed by atoms with Gasteiger partial charge in [0.05, 0.1) is 17.4 Å². The number of carbonyl (C=O) groups is 1. The number of hydrogen-bond donors (Lipinski definition) is 1. The van der Waals surface area contributed by atoms with Crippen molar-refractivity contribution in [1.29, 1.82) is 0 Å². The minimum absolute atomic E-state index is 0.0703.